The zero-order valence-electron chi connectivity index (χ0n) is 15.1. The lowest BCUT2D eigenvalue weighted by Crippen LogP contribution is -2.18. The van der Waals surface area contributed by atoms with E-state index in [0.717, 1.165) is 10.8 Å². The number of ether oxygens (including phenoxy) is 2. The molecule has 0 bridgehead atoms. The van der Waals surface area contributed by atoms with Crippen LogP contribution in [0.1, 0.15) is 16.8 Å². The Bertz CT molecular complexity index is 1030. The predicted molar refractivity (Wildman–Crippen MR) is 105 cm³/mol. The molecular weight excluding hydrogens is 356 g/mol. The van der Waals surface area contributed by atoms with E-state index >= 15 is 0 Å². The van der Waals surface area contributed by atoms with Gasteiger partial charge in [-0.1, -0.05) is 73.3 Å². The third-order valence-electron chi connectivity index (χ3n) is 4.05. The van der Waals surface area contributed by atoms with Gasteiger partial charge in [0.1, 0.15) is 5.75 Å². The van der Waals surface area contributed by atoms with Crippen molar-refractivity contribution in [3.8, 4) is 5.75 Å². The summed E-state index contributed by atoms with van der Waals surface area (Å²) in [6.07, 6.45) is -0.332. The average molecular weight is 374 g/mol. The fourth-order valence-electron chi connectivity index (χ4n) is 2.63. The molecule has 0 aliphatic carbocycles. The molecule has 0 aliphatic rings. The van der Waals surface area contributed by atoms with Crippen molar-refractivity contribution in [1.29, 1.82) is 0 Å². The van der Waals surface area contributed by atoms with E-state index in [4.69, 9.17) is 9.47 Å². The van der Waals surface area contributed by atoms with E-state index in [-0.39, 0.29) is 17.8 Å². The Balaban J connectivity index is 1.54. The molecule has 140 valence electrons. The SMILES string of the molecule is C=C(CC(=O)Oc1cccc2ccccc12)C(=O)OCC(=O)c1ccccc1. The van der Waals surface area contributed by atoms with E-state index in [9.17, 15) is 14.4 Å². The van der Waals surface area contributed by atoms with Crippen LogP contribution in [0.15, 0.2) is 84.9 Å². The van der Waals surface area contributed by atoms with Crippen molar-refractivity contribution in [1.82, 2.24) is 0 Å². The highest BCUT2D eigenvalue weighted by atomic mass is 16.5. The lowest BCUT2D eigenvalue weighted by atomic mass is 10.1. The zero-order chi connectivity index (χ0) is 19.9. The van der Waals surface area contributed by atoms with Gasteiger partial charge in [-0.2, -0.15) is 0 Å². The molecule has 3 aromatic carbocycles. The second-order valence-corrected chi connectivity index (χ2v) is 6.10. The number of fused-ring (bicyclic) bond motifs is 1. The van der Waals surface area contributed by atoms with Crippen LogP contribution in [0.5, 0.6) is 5.75 Å². The summed E-state index contributed by atoms with van der Waals surface area (Å²) in [5.41, 5.74) is 0.363. The summed E-state index contributed by atoms with van der Waals surface area (Å²) >= 11 is 0. The molecule has 3 rings (SSSR count). The Hall–Kier alpha value is -3.73. The van der Waals surface area contributed by atoms with Crippen molar-refractivity contribution in [2.24, 2.45) is 0 Å². The van der Waals surface area contributed by atoms with Gasteiger partial charge in [0.2, 0.25) is 0 Å². The number of ketones is 1. The van der Waals surface area contributed by atoms with Gasteiger partial charge < -0.3 is 9.47 Å². The molecule has 0 saturated heterocycles. The van der Waals surface area contributed by atoms with E-state index in [1.807, 2.05) is 30.3 Å². The fraction of sp³-hybridized carbons (Fsp3) is 0.0870. The van der Waals surface area contributed by atoms with Crippen LogP contribution in [0.4, 0.5) is 0 Å². The van der Waals surface area contributed by atoms with Gasteiger partial charge in [-0.05, 0) is 11.5 Å². The van der Waals surface area contributed by atoms with Crippen molar-refractivity contribution in [3.63, 3.8) is 0 Å². The minimum atomic E-state index is -0.806. The normalized spacial score (nSPS) is 10.3. The molecule has 5 nitrogen and oxygen atoms in total. The van der Waals surface area contributed by atoms with Gasteiger partial charge in [-0.15, -0.1) is 0 Å². The van der Waals surface area contributed by atoms with Gasteiger partial charge in [0.15, 0.2) is 12.4 Å². The Labute approximate surface area is 162 Å². The Morgan fingerprint density at radius 3 is 2.29 bits per heavy atom. The molecule has 0 atom stereocenters. The second kappa shape index (κ2) is 8.77. The summed E-state index contributed by atoms with van der Waals surface area (Å²) in [5, 5.41) is 1.73. The largest absolute Gasteiger partial charge is 0.454 e. The molecule has 0 aliphatic heterocycles. The van der Waals surface area contributed by atoms with Crippen molar-refractivity contribution in [3.05, 3.63) is 90.5 Å². The quantitative estimate of drug-likeness (QED) is 0.269. The van der Waals surface area contributed by atoms with Gasteiger partial charge in [0.25, 0.3) is 0 Å². The maximum atomic E-state index is 12.2. The third-order valence-corrected chi connectivity index (χ3v) is 4.05. The van der Waals surface area contributed by atoms with Crippen molar-refractivity contribution in [2.75, 3.05) is 6.61 Å². The highest BCUT2D eigenvalue weighted by Gasteiger charge is 2.17. The molecule has 28 heavy (non-hydrogen) atoms. The molecule has 0 heterocycles. The van der Waals surface area contributed by atoms with E-state index in [0.29, 0.717) is 11.3 Å². The van der Waals surface area contributed by atoms with Gasteiger partial charge in [-0.3, -0.25) is 9.59 Å². The standard InChI is InChI=1S/C23H18O5/c1-16(23(26)27-15-20(24)18-9-3-2-4-10-18)14-22(25)28-21-13-7-11-17-8-5-6-12-19(17)21/h2-13H,1,14-15H2. The molecule has 0 fully saturated rings. The first-order valence-corrected chi connectivity index (χ1v) is 8.66. The zero-order valence-corrected chi connectivity index (χ0v) is 15.1. The molecular formula is C23H18O5. The minimum Gasteiger partial charge on any atom is -0.454 e. The number of hydrogen-bond donors (Lipinski definition) is 0. The summed E-state index contributed by atoms with van der Waals surface area (Å²) in [6.45, 7) is 3.15. The minimum absolute atomic E-state index is 0.0777. The monoisotopic (exact) mass is 374 g/mol. The number of esters is 2. The smallest absolute Gasteiger partial charge is 0.334 e. The number of carbonyl (C=O) groups is 3. The number of hydrogen-bond acceptors (Lipinski definition) is 5. The lowest BCUT2D eigenvalue weighted by molar-refractivity contribution is -0.141. The van der Waals surface area contributed by atoms with E-state index in [2.05, 4.69) is 6.58 Å². The summed E-state index contributed by atoms with van der Waals surface area (Å²) in [4.78, 5) is 36.1. The highest BCUT2D eigenvalue weighted by Crippen LogP contribution is 2.25. The lowest BCUT2D eigenvalue weighted by Gasteiger charge is -2.09. The molecule has 0 N–H and O–H groups in total. The van der Waals surface area contributed by atoms with E-state index in [1.54, 1.807) is 42.5 Å². The van der Waals surface area contributed by atoms with Crippen LogP contribution in [0.2, 0.25) is 0 Å². The molecule has 0 aromatic heterocycles. The van der Waals surface area contributed by atoms with Crippen LogP contribution in [-0.4, -0.2) is 24.3 Å². The Morgan fingerprint density at radius 2 is 1.50 bits per heavy atom. The molecule has 0 amide bonds. The number of carbonyl (C=O) groups excluding carboxylic acids is 3. The summed E-state index contributed by atoms with van der Waals surface area (Å²) in [5.74, 6) is -1.37. The Morgan fingerprint density at radius 1 is 0.821 bits per heavy atom. The topological polar surface area (TPSA) is 69.7 Å². The van der Waals surface area contributed by atoms with Crippen molar-refractivity contribution >= 4 is 28.5 Å². The van der Waals surface area contributed by atoms with Crippen molar-refractivity contribution < 1.29 is 23.9 Å². The average Bonchev–Trinajstić information content (AvgIpc) is 2.72. The molecule has 3 aromatic rings. The number of rotatable bonds is 7. The molecule has 0 radical (unpaired) electrons. The summed E-state index contributed by atoms with van der Waals surface area (Å²) in [7, 11) is 0. The first-order valence-electron chi connectivity index (χ1n) is 8.66. The number of benzene rings is 3. The van der Waals surface area contributed by atoms with Gasteiger partial charge in [0, 0.05) is 16.5 Å². The third kappa shape index (κ3) is 4.71. The maximum absolute atomic E-state index is 12.2. The van der Waals surface area contributed by atoms with E-state index < -0.39 is 18.5 Å². The molecule has 5 heteroatoms. The predicted octanol–water partition coefficient (Wildman–Crippen LogP) is 4.12. The maximum Gasteiger partial charge on any atom is 0.334 e. The van der Waals surface area contributed by atoms with Gasteiger partial charge in [0.05, 0.1) is 6.42 Å². The fourth-order valence-corrected chi connectivity index (χ4v) is 2.63. The van der Waals surface area contributed by atoms with Gasteiger partial charge in [-0.25, -0.2) is 4.79 Å². The van der Waals surface area contributed by atoms with Gasteiger partial charge >= 0.3 is 11.9 Å². The first kappa shape index (κ1) is 19.0. The van der Waals surface area contributed by atoms with E-state index in [1.165, 1.54) is 0 Å². The highest BCUT2D eigenvalue weighted by molar-refractivity contribution is 6.00. The molecule has 0 spiro atoms. The van der Waals surface area contributed by atoms with Crippen LogP contribution in [-0.2, 0) is 14.3 Å². The van der Waals surface area contributed by atoms with Crippen LogP contribution in [0, 0.1) is 0 Å². The number of Topliss-reactive ketones (excluding diaryl/α,β-unsaturated/α-hetero) is 1. The molecule has 0 unspecified atom stereocenters. The van der Waals surface area contributed by atoms with Crippen LogP contribution in [0.3, 0.4) is 0 Å². The summed E-state index contributed by atoms with van der Waals surface area (Å²) < 4.78 is 10.3. The van der Waals surface area contributed by atoms with Crippen molar-refractivity contribution in [2.45, 2.75) is 6.42 Å². The molecule has 0 saturated carbocycles. The summed E-state index contributed by atoms with van der Waals surface area (Å²) in [6, 6.07) is 21.3. The van der Waals surface area contributed by atoms with Crippen LogP contribution in [0.25, 0.3) is 10.8 Å². The Kier molecular flexibility index (Phi) is 5.97. The van der Waals surface area contributed by atoms with Crippen LogP contribution < -0.4 is 4.74 Å². The first-order chi connectivity index (χ1) is 13.5. The second-order valence-electron chi connectivity index (χ2n) is 6.10. The van der Waals surface area contributed by atoms with Crippen LogP contribution >= 0.6 is 0 Å².